The molecule has 1 aliphatic carbocycles. The summed E-state index contributed by atoms with van der Waals surface area (Å²) >= 11 is 0. The molecule has 2 rings (SSSR count). The molecule has 74 valence electrons. The van der Waals surface area contributed by atoms with E-state index >= 15 is 0 Å². The molecule has 0 aromatic rings. The van der Waals surface area contributed by atoms with Gasteiger partial charge in [0, 0.05) is 12.7 Å². The fourth-order valence-corrected chi connectivity index (χ4v) is 2.61. The Morgan fingerprint density at radius 1 is 1.46 bits per heavy atom. The van der Waals surface area contributed by atoms with Gasteiger partial charge in [-0.2, -0.15) is 13.2 Å². The maximum absolute atomic E-state index is 12.7. The van der Waals surface area contributed by atoms with E-state index in [1.165, 1.54) is 6.08 Å². The highest BCUT2D eigenvalue weighted by molar-refractivity contribution is 5.36. The number of alkyl halides is 3. The molecule has 1 heterocycles. The maximum atomic E-state index is 12.7. The minimum Gasteiger partial charge on any atom is -0.374 e. The first-order valence-electron chi connectivity index (χ1n) is 4.31. The number of allylic oxidation sites excluding steroid dienone is 1. The third-order valence-corrected chi connectivity index (χ3v) is 3.52. The molecule has 0 aromatic carbocycles. The van der Waals surface area contributed by atoms with E-state index in [2.05, 4.69) is 0 Å². The van der Waals surface area contributed by atoms with E-state index in [0.29, 0.717) is 0 Å². The Morgan fingerprint density at radius 3 is 2.31 bits per heavy atom. The van der Waals surface area contributed by atoms with Crippen LogP contribution in [0.2, 0.25) is 0 Å². The summed E-state index contributed by atoms with van der Waals surface area (Å²) in [6.45, 7) is 3.39. The van der Waals surface area contributed by atoms with Crippen LogP contribution in [0.1, 0.15) is 13.8 Å². The molecular weight excluding hydrogens is 179 g/mol. The van der Waals surface area contributed by atoms with E-state index < -0.39 is 11.6 Å². The summed E-state index contributed by atoms with van der Waals surface area (Å²) in [5.74, 6) is -0.291. The van der Waals surface area contributed by atoms with E-state index in [9.17, 15) is 13.2 Å². The predicted molar refractivity (Wildman–Crippen MR) is 43.0 cm³/mol. The van der Waals surface area contributed by atoms with Gasteiger partial charge in [0.05, 0.1) is 6.04 Å². The Hall–Kier alpha value is -0.670. The summed E-state index contributed by atoms with van der Waals surface area (Å²) in [7, 11) is 1.73. The van der Waals surface area contributed by atoms with Crippen LogP contribution in [0.5, 0.6) is 0 Å². The molecule has 1 nitrogen and oxygen atoms in total. The van der Waals surface area contributed by atoms with Crippen molar-refractivity contribution in [3.8, 4) is 0 Å². The zero-order valence-electron chi connectivity index (χ0n) is 7.81. The molecule has 3 atom stereocenters. The van der Waals surface area contributed by atoms with Gasteiger partial charge in [-0.3, -0.25) is 0 Å². The lowest BCUT2D eigenvalue weighted by Gasteiger charge is -2.15. The third-order valence-electron chi connectivity index (χ3n) is 3.52. The lowest BCUT2D eigenvalue weighted by Crippen LogP contribution is -2.27. The van der Waals surface area contributed by atoms with Crippen LogP contribution in [0.3, 0.4) is 0 Å². The van der Waals surface area contributed by atoms with Gasteiger partial charge in [-0.15, -0.1) is 0 Å². The average molecular weight is 191 g/mol. The molecule has 2 unspecified atom stereocenters. The summed E-state index contributed by atoms with van der Waals surface area (Å²) in [6, 6.07) is -0.354. The van der Waals surface area contributed by atoms with E-state index in [0.717, 1.165) is 5.70 Å². The lowest BCUT2D eigenvalue weighted by atomic mass is 10.0. The summed E-state index contributed by atoms with van der Waals surface area (Å²) < 4.78 is 38.1. The van der Waals surface area contributed by atoms with Crippen molar-refractivity contribution in [2.24, 2.45) is 11.3 Å². The minimum atomic E-state index is -4.09. The van der Waals surface area contributed by atoms with Crippen LogP contribution in [-0.4, -0.2) is 24.2 Å². The van der Waals surface area contributed by atoms with Crippen LogP contribution in [-0.2, 0) is 0 Å². The molecule has 0 aromatic heterocycles. The van der Waals surface area contributed by atoms with Crippen molar-refractivity contribution in [1.29, 1.82) is 0 Å². The summed E-state index contributed by atoms with van der Waals surface area (Å²) in [4.78, 5) is 1.73. The van der Waals surface area contributed by atoms with Gasteiger partial charge in [0.15, 0.2) is 0 Å². The standard InChI is InChI=1S/C9H12F3N/c1-5-4-8(9(10,11)12)6(2)7(8)13(5)3/h4,6-7H,1-3H3/t6-,7?,8?/m1/s1. The van der Waals surface area contributed by atoms with Crippen LogP contribution < -0.4 is 0 Å². The van der Waals surface area contributed by atoms with Gasteiger partial charge in [0.25, 0.3) is 0 Å². The van der Waals surface area contributed by atoms with Crippen LogP contribution in [0.4, 0.5) is 13.2 Å². The third kappa shape index (κ3) is 0.790. The number of nitrogens with zero attached hydrogens (tertiary/aromatic N) is 1. The average Bonchev–Trinajstić information content (AvgIpc) is 2.43. The molecule has 0 radical (unpaired) electrons. The lowest BCUT2D eigenvalue weighted by molar-refractivity contribution is -0.177. The molecule has 0 bridgehead atoms. The predicted octanol–water partition coefficient (Wildman–Crippen LogP) is 2.40. The van der Waals surface area contributed by atoms with Gasteiger partial charge in [-0.25, -0.2) is 0 Å². The summed E-state index contributed by atoms with van der Waals surface area (Å²) in [5, 5.41) is 0. The van der Waals surface area contributed by atoms with Crippen molar-refractivity contribution in [3.63, 3.8) is 0 Å². The first-order chi connectivity index (χ1) is 5.82. The van der Waals surface area contributed by atoms with Crippen LogP contribution in [0, 0.1) is 11.3 Å². The first-order valence-corrected chi connectivity index (χ1v) is 4.31. The van der Waals surface area contributed by atoms with E-state index in [1.54, 1.807) is 25.8 Å². The Labute approximate surface area is 75.2 Å². The Balaban J connectivity index is 2.39. The monoisotopic (exact) mass is 191 g/mol. The normalized spacial score (nSPS) is 43.2. The number of halogens is 3. The van der Waals surface area contributed by atoms with Gasteiger partial charge in [0.1, 0.15) is 5.41 Å². The van der Waals surface area contributed by atoms with Crippen molar-refractivity contribution in [2.75, 3.05) is 7.05 Å². The fraction of sp³-hybridized carbons (Fsp3) is 0.778. The van der Waals surface area contributed by atoms with Gasteiger partial charge in [-0.05, 0) is 18.9 Å². The molecule has 4 heteroatoms. The second kappa shape index (κ2) is 2.04. The largest absolute Gasteiger partial charge is 0.400 e. The summed E-state index contributed by atoms with van der Waals surface area (Å²) in [6.07, 6.45) is -2.72. The highest BCUT2D eigenvalue weighted by Crippen LogP contribution is 2.68. The minimum absolute atomic E-state index is 0.291. The van der Waals surface area contributed by atoms with E-state index in [1.807, 2.05) is 0 Å². The van der Waals surface area contributed by atoms with E-state index in [4.69, 9.17) is 0 Å². The topological polar surface area (TPSA) is 3.24 Å². The molecule has 1 aliphatic heterocycles. The Bertz CT molecular complexity index is 281. The van der Waals surface area contributed by atoms with Crippen molar-refractivity contribution in [1.82, 2.24) is 4.90 Å². The zero-order chi connectivity index (χ0) is 10.0. The Morgan fingerprint density at radius 2 is 2.00 bits per heavy atom. The maximum Gasteiger partial charge on any atom is 0.400 e. The molecule has 2 aliphatic rings. The van der Waals surface area contributed by atoms with Gasteiger partial charge in [0.2, 0.25) is 0 Å². The molecule has 13 heavy (non-hydrogen) atoms. The van der Waals surface area contributed by atoms with Gasteiger partial charge in [-0.1, -0.05) is 6.92 Å². The van der Waals surface area contributed by atoms with Crippen LogP contribution >= 0.6 is 0 Å². The molecule has 0 N–H and O–H groups in total. The van der Waals surface area contributed by atoms with Crippen molar-refractivity contribution in [2.45, 2.75) is 26.1 Å². The first kappa shape index (κ1) is 8.91. The zero-order valence-corrected chi connectivity index (χ0v) is 7.81. The van der Waals surface area contributed by atoms with Crippen LogP contribution in [0.15, 0.2) is 11.8 Å². The molecule has 0 spiro atoms. The smallest absolute Gasteiger partial charge is 0.374 e. The molecule has 1 fully saturated rings. The molecule has 0 saturated heterocycles. The van der Waals surface area contributed by atoms with Gasteiger partial charge >= 0.3 is 6.18 Å². The van der Waals surface area contributed by atoms with E-state index in [-0.39, 0.29) is 12.0 Å². The SMILES string of the molecule is CC1=CC2(C(F)(F)F)C([C@H]2C)N1C. The molecular formula is C9H12F3N. The number of fused-ring (bicyclic) bond motifs is 1. The molecule has 1 saturated carbocycles. The highest BCUT2D eigenvalue weighted by atomic mass is 19.4. The Kier molecular flexibility index (Phi) is 1.40. The second-order valence-corrected chi connectivity index (χ2v) is 4.06. The summed E-state index contributed by atoms with van der Waals surface area (Å²) in [5.41, 5.74) is -0.799. The van der Waals surface area contributed by atoms with Gasteiger partial charge < -0.3 is 4.90 Å². The van der Waals surface area contributed by atoms with Crippen molar-refractivity contribution < 1.29 is 13.2 Å². The van der Waals surface area contributed by atoms with Crippen molar-refractivity contribution in [3.05, 3.63) is 11.8 Å². The number of rotatable bonds is 0. The quantitative estimate of drug-likeness (QED) is 0.568. The highest BCUT2D eigenvalue weighted by Gasteiger charge is 2.78. The number of hydrogen-bond acceptors (Lipinski definition) is 1. The fourth-order valence-electron chi connectivity index (χ4n) is 2.61. The number of hydrogen-bond donors (Lipinski definition) is 0. The second-order valence-electron chi connectivity index (χ2n) is 4.06. The molecule has 0 amide bonds. The van der Waals surface area contributed by atoms with Crippen LogP contribution in [0.25, 0.3) is 0 Å². The van der Waals surface area contributed by atoms with Crippen molar-refractivity contribution >= 4 is 0 Å².